The largest absolute Gasteiger partial charge is 0.398 e. The average molecular weight is 292 g/mol. The fraction of sp³-hybridized carbons (Fsp3) is 0.467. The number of unbranched alkanes of at least 4 members (excludes halogenated alkanes) is 3. The van der Waals surface area contributed by atoms with Gasteiger partial charge in [0.1, 0.15) is 0 Å². The Kier molecular flexibility index (Phi) is 5.06. The molecule has 0 radical (unpaired) electrons. The lowest BCUT2D eigenvalue weighted by molar-refractivity contribution is 0.0652. The third-order valence-corrected chi connectivity index (χ3v) is 4.21. The lowest BCUT2D eigenvalue weighted by Crippen LogP contribution is -2.30. The normalized spacial score (nSPS) is 13.9. The van der Waals surface area contributed by atoms with Gasteiger partial charge in [-0.05, 0) is 37.0 Å². The van der Waals surface area contributed by atoms with Gasteiger partial charge in [-0.15, -0.1) is 0 Å². The molecule has 4 nitrogen and oxygen atoms in total. The fourth-order valence-corrected chi connectivity index (χ4v) is 2.93. The molecule has 1 heterocycles. The standard InChI is InChI=1S/C15H20N2O2S/c1-20-10-5-3-2-4-9-17-14(18)11-7-6-8-12(16)13(11)15(17)19/h6-8H,2-5,9-10,16H2,1H3. The number of amides is 2. The molecular formula is C15H20N2O2S. The number of thioether (sulfide) groups is 1. The van der Waals surface area contributed by atoms with Gasteiger partial charge in [0.2, 0.25) is 0 Å². The van der Waals surface area contributed by atoms with Gasteiger partial charge in [0.15, 0.2) is 0 Å². The van der Waals surface area contributed by atoms with Crippen molar-refractivity contribution in [3.05, 3.63) is 29.3 Å². The molecule has 1 aliphatic heterocycles. The maximum Gasteiger partial charge on any atom is 0.263 e. The van der Waals surface area contributed by atoms with E-state index in [2.05, 4.69) is 6.26 Å². The van der Waals surface area contributed by atoms with E-state index in [9.17, 15) is 9.59 Å². The molecule has 0 aromatic heterocycles. The molecule has 2 N–H and O–H groups in total. The van der Waals surface area contributed by atoms with Crippen molar-refractivity contribution in [3.63, 3.8) is 0 Å². The van der Waals surface area contributed by atoms with Gasteiger partial charge < -0.3 is 5.73 Å². The summed E-state index contributed by atoms with van der Waals surface area (Å²) in [5.74, 6) is 0.720. The first-order chi connectivity index (χ1) is 9.66. The van der Waals surface area contributed by atoms with Crippen molar-refractivity contribution >= 4 is 29.3 Å². The van der Waals surface area contributed by atoms with Gasteiger partial charge in [0, 0.05) is 12.2 Å². The Bertz CT molecular complexity index is 517. The number of imide groups is 1. The Morgan fingerprint density at radius 2 is 1.85 bits per heavy atom. The monoisotopic (exact) mass is 292 g/mol. The Morgan fingerprint density at radius 1 is 1.10 bits per heavy atom. The van der Waals surface area contributed by atoms with Crippen LogP contribution in [-0.4, -0.2) is 35.3 Å². The van der Waals surface area contributed by atoms with Crippen molar-refractivity contribution < 1.29 is 9.59 Å². The van der Waals surface area contributed by atoms with Crippen molar-refractivity contribution in [1.82, 2.24) is 4.90 Å². The summed E-state index contributed by atoms with van der Waals surface area (Å²) in [6.07, 6.45) is 6.34. The SMILES string of the molecule is CSCCCCCCN1C(=O)c2cccc(N)c2C1=O. The van der Waals surface area contributed by atoms with Crippen LogP contribution in [0, 0.1) is 0 Å². The molecule has 1 aromatic rings. The first kappa shape index (κ1) is 14.9. The van der Waals surface area contributed by atoms with Crippen LogP contribution in [0.3, 0.4) is 0 Å². The number of carbonyl (C=O) groups excluding carboxylic acids is 2. The molecule has 0 unspecified atom stereocenters. The second-order valence-corrected chi connectivity index (χ2v) is 5.92. The molecule has 2 rings (SSSR count). The first-order valence-corrected chi connectivity index (χ1v) is 8.30. The molecule has 2 amide bonds. The number of hydrogen-bond donors (Lipinski definition) is 1. The molecule has 1 aliphatic rings. The average Bonchev–Trinajstić information content (AvgIpc) is 2.68. The van der Waals surface area contributed by atoms with Crippen LogP contribution >= 0.6 is 11.8 Å². The fourth-order valence-electron chi connectivity index (χ4n) is 2.43. The van der Waals surface area contributed by atoms with E-state index in [0.29, 0.717) is 23.4 Å². The molecule has 0 saturated carbocycles. The number of anilines is 1. The van der Waals surface area contributed by atoms with Crippen LogP contribution in [0.15, 0.2) is 18.2 Å². The summed E-state index contributed by atoms with van der Waals surface area (Å²) in [5, 5.41) is 0. The van der Waals surface area contributed by atoms with Gasteiger partial charge in [-0.25, -0.2) is 0 Å². The summed E-state index contributed by atoms with van der Waals surface area (Å²) >= 11 is 1.85. The lowest BCUT2D eigenvalue weighted by atomic mass is 10.1. The van der Waals surface area contributed by atoms with Gasteiger partial charge in [0.25, 0.3) is 11.8 Å². The van der Waals surface area contributed by atoms with E-state index >= 15 is 0 Å². The van der Waals surface area contributed by atoms with Crippen LogP contribution in [-0.2, 0) is 0 Å². The van der Waals surface area contributed by atoms with Gasteiger partial charge in [-0.3, -0.25) is 14.5 Å². The summed E-state index contributed by atoms with van der Waals surface area (Å²) in [6, 6.07) is 5.05. The number of nitrogens with two attached hydrogens (primary N) is 1. The molecule has 0 spiro atoms. The Labute approximate surface area is 123 Å². The predicted octanol–water partition coefficient (Wildman–Crippen LogP) is 2.79. The maximum absolute atomic E-state index is 12.2. The number of rotatable bonds is 7. The number of benzene rings is 1. The minimum absolute atomic E-state index is 0.207. The number of fused-ring (bicyclic) bond motifs is 1. The van der Waals surface area contributed by atoms with Crippen LogP contribution in [0.25, 0.3) is 0 Å². The number of carbonyl (C=O) groups is 2. The highest BCUT2D eigenvalue weighted by atomic mass is 32.2. The molecule has 0 bridgehead atoms. The van der Waals surface area contributed by atoms with E-state index in [0.717, 1.165) is 19.3 Å². The lowest BCUT2D eigenvalue weighted by Gasteiger charge is -2.13. The molecule has 0 saturated heterocycles. The third-order valence-electron chi connectivity index (χ3n) is 3.51. The highest BCUT2D eigenvalue weighted by molar-refractivity contribution is 7.98. The molecule has 0 atom stereocenters. The van der Waals surface area contributed by atoms with Gasteiger partial charge >= 0.3 is 0 Å². The van der Waals surface area contributed by atoms with Gasteiger partial charge in [0.05, 0.1) is 11.1 Å². The quantitative estimate of drug-likeness (QED) is 0.477. The molecule has 108 valence electrons. The summed E-state index contributed by atoms with van der Waals surface area (Å²) in [5.41, 5.74) is 7.00. The van der Waals surface area contributed by atoms with Crippen LogP contribution in [0.4, 0.5) is 5.69 Å². The molecule has 0 aliphatic carbocycles. The van der Waals surface area contributed by atoms with Crippen molar-refractivity contribution in [2.24, 2.45) is 0 Å². The van der Waals surface area contributed by atoms with Crippen LogP contribution in [0.5, 0.6) is 0 Å². The van der Waals surface area contributed by atoms with E-state index in [1.54, 1.807) is 18.2 Å². The van der Waals surface area contributed by atoms with Crippen molar-refractivity contribution in [2.75, 3.05) is 24.3 Å². The minimum atomic E-state index is -0.243. The van der Waals surface area contributed by atoms with Gasteiger partial charge in [-0.1, -0.05) is 18.9 Å². The second-order valence-electron chi connectivity index (χ2n) is 4.94. The summed E-state index contributed by atoms with van der Waals surface area (Å²) < 4.78 is 0. The Balaban J connectivity index is 1.91. The predicted molar refractivity (Wildman–Crippen MR) is 83.1 cm³/mol. The summed E-state index contributed by atoms with van der Waals surface area (Å²) in [7, 11) is 0. The second kappa shape index (κ2) is 6.79. The highest BCUT2D eigenvalue weighted by Gasteiger charge is 2.36. The Hall–Kier alpha value is -1.49. The van der Waals surface area contributed by atoms with E-state index in [4.69, 9.17) is 5.73 Å². The molecular weight excluding hydrogens is 272 g/mol. The molecule has 1 aromatic carbocycles. The van der Waals surface area contributed by atoms with Crippen molar-refractivity contribution in [3.8, 4) is 0 Å². The van der Waals surface area contributed by atoms with Crippen molar-refractivity contribution in [1.29, 1.82) is 0 Å². The van der Waals surface area contributed by atoms with Crippen molar-refractivity contribution in [2.45, 2.75) is 25.7 Å². The molecule has 0 fully saturated rings. The Morgan fingerprint density at radius 3 is 2.55 bits per heavy atom. The van der Waals surface area contributed by atoms with E-state index in [1.165, 1.54) is 17.1 Å². The number of nitrogen functional groups attached to an aromatic ring is 1. The smallest absolute Gasteiger partial charge is 0.263 e. The number of nitrogens with zero attached hydrogens (tertiary/aromatic N) is 1. The zero-order valence-electron chi connectivity index (χ0n) is 11.7. The first-order valence-electron chi connectivity index (χ1n) is 6.90. The maximum atomic E-state index is 12.2. The van der Waals surface area contributed by atoms with E-state index in [-0.39, 0.29) is 11.8 Å². The zero-order chi connectivity index (χ0) is 14.5. The van der Waals surface area contributed by atoms with Crippen LogP contribution < -0.4 is 5.73 Å². The number of hydrogen-bond acceptors (Lipinski definition) is 4. The molecule has 5 heteroatoms. The molecule has 20 heavy (non-hydrogen) atoms. The third kappa shape index (κ3) is 2.98. The topological polar surface area (TPSA) is 63.4 Å². The summed E-state index contributed by atoms with van der Waals surface area (Å²) in [6.45, 7) is 0.491. The van der Waals surface area contributed by atoms with Crippen LogP contribution in [0.2, 0.25) is 0 Å². The van der Waals surface area contributed by atoms with E-state index in [1.807, 2.05) is 11.8 Å². The van der Waals surface area contributed by atoms with Crippen LogP contribution in [0.1, 0.15) is 46.4 Å². The van der Waals surface area contributed by atoms with E-state index < -0.39 is 0 Å². The minimum Gasteiger partial charge on any atom is -0.398 e. The summed E-state index contributed by atoms with van der Waals surface area (Å²) in [4.78, 5) is 25.7. The zero-order valence-corrected chi connectivity index (χ0v) is 12.5. The highest BCUT2D eigenvalue weighted by Crippen LogP contribution is 2.27. The van der Waals surface area contributed by atoms with Gasteiger partial charge in [-0.2, -0.15) is 11.8 Å².